The van der Waals surface area contributed by atoms with E-state index in [1.54, 1.807) is 0 Å². The van der Waals surface area contributed by atoms with Gasteiger partial charge in [-0.1, -0.05) is 52.4 Å². The average Bonchev–Trinajstić information content (AvgIpc) is 2.39. The zero-order valence-electron chi connectivity index (χ0n) is 12.7. The van der Waals surface area contributed by atoms with Crippen LogP contribution in [0.5, 0.6) is 0 Å². The second-order valence-electron chi connectivity index (χ2n) is 5.05. The average molecular weight is 258 g/mol. The van der Waals surface area contributed by atoms with Gasteiger partial charge in [0.25, 0.3) is 0 Å². The SMILES string of the molecule is CCCCCOCCCCCCOCCCCC. The molecule has 0 fully saturated rings. The van der Waals surface area contributed by atoms with Gasteiger partial charge in [-0.15, -0.1) is 0 Å². The van der Waals surface area contributed by atoms with Crippen molar-refractivity contribution in [2.24, 2.45) is 0 Å². The van der Waals surface area contributed by atoms with Crippen molar-refractivity contribution in [1.29, 1.82) is 0 Å². The quantitative estimate of drug-likeness (QED) is 0.386. The van der Waals surface area contributed by atoms with Gasteiger partial charge >= 0.3 is 0 Å². The Labute approximate surface area is 114 Å². The normalized spacial score (nSPS) is 11.0. The smallest absolute Gasteiger partial charge is 0.0466 e. The second kappa shape index (κ2) is 16.9. The van der Waals surface area contributed by atoms with Crippen LogP contribution in [0.15, 0.2) is 0 Å². The predicted molar refractivity (Wildman–Crippen MR) is 79.2 cm³/mol. The third-order valence-electron chi connectivity index (χ3n) is 3.11. The minimum absolute atomic E-state index is 0.946. The monoisotopic (exact) mass is 258 g/mol. The van der Waals surface area contributed by atoms with Crippen LogP contribution in [0.4, 0.5) is 0 Å². The summed E-state index contributed by atoms with van der Waals surface area (Å²) in [5, 5.41) is 0. The van der Waals surface area contributed by atoms with Gasteiger partial charge in [0.05, 0.1) is 0 Å². The maximum atomic E-state index is 5.58. The lowest BCUT2D eigenvalue weighted by atomic mass is 10.2. The molecular formula is C16H34O2. The molecule has 2 nitrogen and oxygen atoms in total. The zero-order valence-corrected chi connectivity index (χ0v) is 12.7. The van der Waals surface area contributed by atoms with Crippen molar-refractivity contribution in [2.45, 2.75) is 78.1 Å². The maximum absolute atomic E-state index is 5.58. The summed E-state index contributed by atoms with van der Waals surface area (Å²) >= 11 is 0. The Morgan fingerprint density at radius 1 is 0.444 bits per heavy atom. The summed E-state index contributed by atoms with van der Waals surface area (Å²) in [6.07, 6.45) is 12.6. The van der Waals surface area contributed by atoms with Crippen molar-refractivity contribution in [3.63, 3.8) is 0 Å². The van der Waals surface area contributed by atoms with Crippen LogP contribution in [0.1, 0.15) is 78.1 Å². The summed E-state index contributed by atoms with van der Waals surface area (Å²) in [6.45, 7) is 8.25. The van der Waals surface area contributed by atoms with E-state index in [9.17, 15) is 0 Å². The lowest BCUT2D eigenvalue weighted by Gasteiger charge is -2.05. The van der Waals surface area contributed by atoms with Crippen molar-refractivity contribution >= 4 is 0 Å². The molecule has 18 heavy (non-hydrogen) atoms. The number of unbranched alkanes of at least 4 members (excludes halogenated alkanes) is 7. The van der Waals surface area contributed by atoms with Gasteiger partial charge in [0.15, 0.2) is 0 Å². The van der Waals surface area contributed by atoms with Gasteiger partial charge in [-0.2, -0.15) is 0 Å². The van der Waals surface area contributed by atoms with Gasteiger partial charge in [0, 0.05) is 26.4 Å². The lowest BCUT2D eigenvalue weighted by molar-refractivity contribution is 0.117. The van der Waals surface area contributed by atoms with E-state index in [-0.39, 0.29) is 0 Å². The molecule has 0 aliphatic heterocycles. The highest BCUT2D eigenvalue weighted by molar-refractivity contribution is 4.44. The molecule has 0 saturated heterocycles. The Hall–Kier alpha value is -0.0800. The number of rotatable bonds is 15. The van der Waals surface area contributed by atoms with Crippen LogP contribution >= 0.6 is 0 Å². The van der Waals surface area contributed by atoms with Crippen LogP contribution in [0.25, 0.3) is 0 Å². The summed E-state index contributed by atoms with van der Waals surface area (Å²) in [6, 6.07) is 0. The van der Waals surface area contributed by atoms with E-state index in [1.165, 1.54) is 64.2 Å². The second-order valence-corrected chi connectivity index (χ2v) is 5.05. The van der Waals surface area contributed by atoms with Crippen LogP contribution in [0.2, 0.25) is 0 Å². The Morgan fingerprint density at radius 3 is 1.11 bits per heavy atom. The minimum Gasteiger partial charge on any atom is -0.381 e. The fourth-order valence-corrected chi connectivity index (χ4v) is 1.87. The van der Waals surface area contributed by atoms with Gasteiger partial charge < -0.3 is 9.47 Å². The van der Waals surface area contributed by atoms with Gasteiger partial charge in [0.2, 0.25) is 0 Å². The van der Waals surface area contributed by atoms with Crippen LogP contribution in [0, 0.1) is 0 Å². The van der Waals surface area contributed by atoms with Crippen molar-refractivity contribution in [1.82, 2.24) is 0 Å². The molecular weight excluding hydrogens is 224 g/mol. The number of ether oxygens (including phenoxy) is 2. The van der Waals surface area contributed by atoms with Crippen molar-refractivity contribution in [3.05, 3.63) is 0 Å². The predicted octanol–water partition coefficient (Wildman–Crippen LogP) is 4.96. The van der Waals surface area contributed by atoms with E-state index in [4.69, 9.17) is 9.47 Å². The van der Waals surface area contributed by atoms with E-state index in [0.29, 0.717) is 0 Å². The molecule has 0 aliphatic rings. The summed E-state index contributed by atoms with van der Waals surface area (Å²) < 4.78 is 11.2. The van der Waals surface area contributed by atoms with E-state index in [2.05, 4.69) is 13.8 Å². The first-order chi connectivity index (χ1) is 8.91. The molecule has 0 aromatic rings. The molecule has 0 unspecified atom stereocenters. The van der Waals surface area contributed by atoms with Gasteiger partial charge in [-0.05, 0) is 25.7 Å². The highest BCUT2D eigenvalue weighted by Crippen LogP contribution is 2.02. The topological polar surface area (TPSA) is 18.5 Å². The third-order valence-corrected chi connectivity index (χ3v) is 3.11. The Bertz CT molecular complexity index is 121. The minimum atomic E-state index is 0.946. The fourth-order valence-electron chi connectivity index (χ4n) is 1.87. The molecule has 0 radical (unpaired) electrons. The van der Waals surface area contributed by atoms with E-state index < -0.39 is 0 Å². The molecule has 110 valence electrons. The van der Waals surface area contributed by atoms with Crippen LogP contribution in [-0.4, -0.2) is 26.4 Å². The largest absolute Gasteiger partial charge is 0.381 e. The molecule has 0 spiro atoms. The maximum Gasteiger partial charge on any atom is 0.0466 e. The number of hydrogen-bond acceptors (Lipinski definition) is 2. The van der Waals surface area contributed by atoms with Crippen LogP contribution in [0.3, 0.4) is 0 Å². The molecule has 0 aromatic carbocycles. The van der Waals surface area contributed by atoms with Gasteiger partial charge in [0.1, 0.15) is 0 Å². The van der Waals surface area contributed by atoms with Crippen molar-refractivity contribution < 1.29 is 9.47 Å². The highest BCUT2D eigenvalue weighted by Gasteiger charge is 1.93. The molecule has 0 heterocycles. The highest BCUT2D eigenvalue weighted by atomic mass is 16.5. The van der Waals surface area contributed by atoms with E-state index in [0.717, 1.165) is 26.4 Å². The molecule has 0 saturated carbocycles. The first kappa shape index (κ1) is 17.9. The first-order valence-electron chi connectivity index (χ1n) is 8.07. The summed E-state index contributed by atoms with van der Waals surface area (Å²) in [5.74, 6) is 0. The van der Waals surface area contributed by atoms with E-state index in [1.807, 2.05) is 0 Å². The summed E-state index contributed by atoms with van der Waals surface area (Å²) in [5.41, 5.74) is 0. The number of hydrogen-bond donors (Lipinski definition) is 0. The molecule has 0 atom stereocenters. The van der Waals surface area contributed by atoms with Crippen molar-refractivity contribution in [3.8, 4) is 0 Å². The van der Waals surface area contributed by atoms with Crippen LogP contribution < -0.4 is 0 Å². The third kappa shape index (κ3) is 15.9. The lowest BCUT2D eigenvalue weighted by Crippen LogP contribution is -1.99. The summed E-state index contributed by atoms with van der Waals surface area (Å²) in [4.78, 5) is 0. The first-order valence-corrected chi connectivity index (χ1v) is 8.07. The zero-order chi connectivity index (χ0) is 13.3. The van der Waals surface area contributed by atoms with E-state index >= 15 is 0 Å². The Morgan fingerprint density at radius 2 is 0.778 bits per heavy atom. The van der Waals surface area contributed by atoms with Crippen molar-refractivity contribution in [2.75, 3.05) is 26.4 Å². The molecule has 2 heteroatoms. The fraction of sp³-hybridized carbons (Fsp3) is 1.00. The molecule has 0 N–H and O–H groups in total. The van der Waals surface area contributed by atoms with Gasteiger partial charge in [-0.3, -0.25) is 0 Å². The molecule has 0 aromatic heterocycles. The van der Waals surface area contributed by atoms with Crippen LogP contribution in [-0.2, 0) is 9.47 Å². The molecule has 0 bridgehead atoms. The standard InChI is InChI=1S/C16H34O2/c1-3-5-9-13-17-15-11-7-8-12-16-18-14-10-6-4-2/h3-16H2,1-2H3. The molecule has 0 amide bonds. The Kier molecular flexibility index (Phi) is 16.8. The molecule has 0 rings (SSSR count). The van der Waals surface area contributed by atoms with Gasteiger partial charge in [-0.25, -0.2) is 0 Å². The Balaban J connectivity index is 2.86. The molecule has 0 aliphatic carbocycles. The summed E-state index contributed by atoms with van der Waals surface area (Å²) in [7, 11) is 0.